The van der Waals surface area contributed by atoms with Crippen LogP contribution in [0.4, 0.5) is 0 Å². The minimum absolute atomic E-state index is 0. The average Bonchev–Trinajstić information content (AvgIpc) is 2.58. The van der Waals surface area contributed by atoms with Crippen LogP contribution in [0, 0.1) is 0 Å². The lowest BCUT2D eigenvalue weighted by molar-refractivity contribution is 0.0596. The Hall–Kier alpha value is -1.74. The first-order chi connectivity index (χ1) is 11.4. The summed E-state index contributed by atoms with van der Waals surface area (Å²) in [6, 6.07) is 6.31. The lowest BCUT2D eigenvalue weighted by Gasteiger charge is -2.15. The third-order valence-electron chi connectivity index (χ3n) is 3.57. The molecule has 0 amide bonds. The Labute approximate surface area is 153 Å². The Morgan fingerprint density at radius 2 is 2.00 bits per heavy atom. The first kappa shape index (κ1) is 21.3. The number of aromatic nitrogens is 1. The molecule has 2 aromatic rings. The Bertz CT molecular complexity index is 842. The quantitative estimate of drug-likeness (QED) is 0.702. The van der Waals surface area contributed by atoms with Crippen LogP contribution in [0.15, 0.2) is 35.4 Å². The van der Waals surface area contributed by atoms with Gasteiger partial charge >= 0.3 is 5.97 Å². The summed E-state index contributed by atoms with van der Waals surface area (Å²) in [6.07, 6.45) is 1.40. The fraction of sp³-hybridized carbons (Fsp3) is 0.375. The molecule has 0 bridgehead atoms. The van der Waals surface area contributed by atoms with E-state index in [4.69, 9.17) is 4.74 Å². The molecule has 0 aliphatic rings. The van der Waals surface area contributed by atoms with E-state index >= 15 is 0 Å². The molecule has 0 saturated heterocycles. The SMILES string of the molecule is CCN[C@H](C)CNS(=O)(=O)c1cccc2c(C(=O)OC)nccc12.Cl. The van der Waals surface area contributed by atoms with Gasteiger partial charge in [-0.3, -0.25) is 0 Å². The first-order valence-electron chi connectivity index (χ1n) is 7.59. The van der Waals surface area contributed by atoms with Crippen LogP contribution in [0.1, 0.15) is 24.3 Å². The minimum atomic E-state index is -3.72. The molecule has 9 heteroatoms. The number of methoxy groups -OCH3 is 1. The number of ether oxygens (including phenoxy) is 1. The number of hydrogen-bond donors (Lipinski definition) is 2. The fourth-order valence-corrected chi connectivity index (χ4v) is 3.76. The molecule has 1 atom stereocenters. The molecule has 0 fully saturated rings. The van der Waals surface area contributed by atoms with Crippen LogP contribution in [-0.4, -0.2) is 45.6 Å². The van der Waals surface area contributed by atoms with Gasteiger partial charge in [0.05, 0.1) is 12.0 Å². The summed E-state index contributed by atoms with van der Waals surface area (Å²) in [6.45, 7) is 4.87. The van der Waals surface area contributed by atoms with Crippen LogP contribution >= 0.6 is 12.4 Å². The molecule has 2 N–H and O–H groups in total. The van der Waals surface area contributed by atoms with E-state index in [9.17, 15) is 13.2 Å². The predicted molar refractivity (Wildman–Crippen MR) is 98.7 cm³/mol. The third-order valence-corrected chi connectivity index (χ3v) is 5.05. The molecule has 2 rings (SSSR count). The van der Waals surface area contributed by atoms with Crippen LogP contribution in [0.5, 0.6) is 0 Å². The highest BCUT2D eigenvalue weighted by Crippen LogP contribution is 2.24. The van der Waals surface area contributed by atoms with E-state index in [1.165, 1.54) is 19.4 Å². The van der Waals surface area contributed by atoms with Crippen LogP contribution in [-0.2, 0) is 14.8 Å². The number of sulfonamides is 1. The van der Waals surface area contributed by atoms with Crippen molar-refractivity contribution in [3.63, 3.8) is 0 Å². The number of rotatable bonds is 7. The fourth-order valence-electron chi connectivity index (χ4n) is 2.41. The first-order valence-corrected chi connectivity index (χ1v) is 9.08. The molecule has 25 heavy (non-hydrogen) atoms. The van der Waals surface area contributed by atoms with Crippen LogP contribution in [0.3, 0.4) is 0 Å². The van der Waals surface area contributed by atoms with Crippen molar-refractivity contribution in [3.8, 4) is 0 Å². The molecule has 1 aromatic heterocycles. The van der Waals surface area contributed by atoms with Crippen molar-refractivity contribution >= 4 is 39.2 Å². The standard InChI is InChI=1S/C16H21N3O4S.ClH/c1-4-17-11(2)10-19-24(21,22)14-7-5-6-13-12(14)8-9-18-15(13)16(20)23-3;/h5-9,11,17,19H,4,10H2,1-3H3;1H/t11-;/m1./s1. The molecule has 0 spiro atoms. The normalized spacial score (nSPS) is 12.4. The molecular weight excluding hydrogens is 366 g/mol. The maximum absolute atomic E-state index is 12.6. The summed E-state index contributed by atoms with van der Waals surface area (Å²) in [5.74, 6) is -0.608. The number of likely N-dealkylation sites (N-methyl/N-ethyl adjacent to an activating group) is 1. The van der Waals surface area contributed by atoms with E-state index in [0.717, 1.165) is 6.54 Å². The number of pyridine rings is 1. The largest absolute Gasteiger partial charge is 0.464 e. The summed E-state index contributed by atoms with van der Waals surface area (Å²) in [5.41, 5.74) is 0.0908. The van der Waals surface area contributed by atoms with E-state index in [0.29, 0.717) is 10.8 Å². The van der Waals surface area contributed by atoms with Gasteiger partial charge in [-0.2, -0.15) is 0 Å². The smallest absolute Gasteiger partial charge is 0.357 e. The Balaban J connectivity index is 0.00000312. The highest BCUT2D eigenvalue weighted by Gasteiger charge is 2.20. The van der Waals surface area contributed by atoms with Crippen molar-refractivity contribution in [1.82, 2.24) is 15.0 Å². The number of benzene rings is 1. The van der Waals surface area contributed by atoms with Crippen LogP contribution < -0.4 is 10.0 Å². The van der Waals surface area contributed by atoms with E-state index in [2.05, 4.69) is 15.0 Å². The number of carbonyl (C=O) groups is 1. The molecule has 1 aromatic carbocycles. The molecule has 0 unspecified atom stereocenters. The summed E-state index contributed by atoms with van der Waals surface area (Å²) in [4.78, 5) is 15.9. The van der Waals surface area contributed by atoms with Gasteiger partial charge < -0.3 is 10.1 Å². The molecule has 0 saturated carbocycles. The molecule has 138 valence electrons. The van der Waals surface area contributed by atoms with Crippen molar-refractivity contribution in [3.05, 3.63) is 36.2 Å². The maximum Gasteiger partial charge on any atom is 0.357 e. The minimum Gasteiger partial charge on any atom is -0.464 e. The number of carbonyl (C=O) groups excluding carboxylic acids is 1. The van der Waals surface area contributed by atoms with Crippen molar-refractivity contribution in [2.75, 3.05) is 20.2 Å². The average molecular weight is 388 g/mol. The summed E-state index contributed by atoms with van der Waals surface area (Å²) < 4.78 is 32.5. The van der Waals surface area contributed by atoms with Gasteiger partial charge in [-0.05, 0) is 25.6 Å². The van der Waals surface area contributed by atoms with Gasteiger partial charge in [0.1, 0.15) is 0 Å². The van der Waals surface area contributed by atoms with Crippen molar-refractivity contribution in [1.29, 1.82) is 0 Å². The van der Waals surface area contributed by atoms with Crippen LogP contribution in [0.2, 0.25) is 0 Å². The van der Waals surface area contributed by atoms with E-state index in [1.54, 1.807) is 18.2 Å². The molecule has 0 aliphatic carbocycles. The molecular formula is C16H22ClN3O4S. The van der Waals surface area contributed by atoms with E-state index < -0.39 is 16.0 Å². The summed E-state index contributed by atoms with van der Waals surface area (Å²) in [7, 11) is -2.46. The number of nitrogens with zero attached hydrogens (tertiary/aromatic N) is 1. The highest BCUT2D eigenvalue weighted by atomic mass is 35.5. The van der Waals surface area contributed by atoms with Gasteiger partial charge in [0.15, 0.2) is 5.69 Å². The summed E-state index contributed by atoms with van der Waals surface area (Å²) in [5, 5.41) is 4.00. The Kier molecular flexibility index (Phi) is 7.75. The maximum atomic E-state index is 12.6. The number of nitrogens with one attached hydrogen (secondary N) is 2. The summed E-state index contributed by atoms with van der Waals surface area (Å²) >= 11 is 0. The number of fused-ring (bicyclic) bond motifs is 1. The topological polar surface area (TPSA) is 97.4 Å². The zero-order valence-electron chi connectivity index (χ0n) is 14.3. The molecule has 0 radical (unpaired) electrons. The Morgan fingerprint density at radius 1 is 1.28 bits per heavy atom. The van der Waals surface area contributed by atoms with Gasteiger partial charge in [0.25, 0.3) is 0 Å². The van der Waals surface area contributed by atoms with Crippen molar-refractivity contribution < 1.29 is 17.9 Å². The van der Waals surface area contributed by atoms with Gasteiger partial charge in [0.2, 0.25) is 10.0 Å². The second kappa shape index (κ2) is 9.10. The van der Waals surface area contributed by atoms with Crippen molar-refractivity contribution in [2.45, 2.75) is 24.8 Å². The van der Waals surface area contributed by atoms with Crippen molar-refractivity contribution in [2.24, 2.45) is 0 Å². The van der Waals surface area contributed by atoms with Crippen LogP contribution in [0.25, 0.3) is 10.8 Å². The lowest BCUT2D eigenvalue weighted by Crippen LogP contribution is -2.38. The lowest BCUT2D eigenvalue weighted by atomic mass is 10.1. The highest BCUT2D eigenvalue weighted by molar-refractivity contribution is 7.89. The molecule has 7 nitrogen and oxygen atoms in total. The van der Waals surface area contributed by atoms with E-state index in [1.807, 2.05) is 13.8 Å². The molecule has 0 aliphatic heterocycles. The molecule has 1 heterocycles. The zero-order chi connectivity index (χ0) is 17.7. The number of halogens is 1. The van der Waals surface area contributed by atoms with E-state index in [-0.39, 0.29) is 35.6 Å². The number of esters is 1. The Morgan fingerprint density at radius 3 is 2.64 bits per heavy atom. The second-order valence-electron chi connectivity index (χ2n) is 5.31. The monoisotopic (exact) mass is 387 g/mol. The van der Waals surface area contributed by atoms with Gasteiger partial charge in [-0.25, -0.2) is 22.9 Å². The van der Waals surface area contributed by atoms with Gasteiger partial charge in [-0.1, -0.05) is 19.1 Å². The van der Waals surface area contributed by atoms with Gasteiger partial charge in [0, 0.05) is 29.6 Å². The van der Waals surface area contributed by atoms with Gasteiger partial charge in [-0.15, -0.1) is 12.4 Å². The third kappa shape index (κ3) is 4.88. The second-order valence-corrected chi connectivity index (χ2v) is 7.05. The number of hydrogen-bond acceptors (Lipinski definition) is 6. The predicted octanol–water partition coefficient (Wildman–Crippen LogP) is 1.72. The zero-order valence-corrected chi connectivity index (χ0v) is 15.9.